The maximum atomic E-state index is 6.10. The summed E-state index contributed by atoms with van der Waals surface area (Å²) in [6, 6.07) is 8.05. The van der Waals surface area contributed by atoms with Gasteiger partial charge in [-0.25, -0.2) is 0 Å². The van der Waals surface area contributed by atoms with Gasteiger partial charge in [-0.2, -0.15) is 5.10 Å². The molecule has 0 spiro atoms. The second-order valence-electron chi connectivity index (χ2n) is 6.05. The van der Waals surface area contributed by atoms with Crippen molar-refractivity contribution in [2.24, 2.45) is 11.8 Å². The summed E-state index contributed by atoms with van der Waals surface area (Å²) in [6.07, 6.45) is 3.99. The van der Waals surface area contributed by atoms with Crippen molar-refractivity contribution in [1.29, 1.82) is 0 Å². The molecule has 4 rings (SSSR count). The number of methoxy groups -OCH3 is 1. The van der Waals surface area contributed by atoms with Crippen LogP contribution in [0.15, 0.2) is 24.3 Å². The molecule has 1 aromatic carbocycles. The van der Waals surface area contributed by atoms with Gasteiger partial charge in [0.05, 0.1) is 7.11 Å². The molecule has 0 radical (unpaired) electrons. The fourth-order valence-corrected chi connectivity index (χ4v) is 3.70. The molecule has 20 heavy (non-hydrogen) atoms. The van der Waals surface area contributed by atoms with Crippen molar-refractivity contribution in [3.05, 3.63) is 30.0 Å². The molecule has 4 heteroatoms. The van der Waals surface area contributed by atoms with E-state index in [0.29, 0.717) is 11.7 Å². The third-order valence-electron chi connectivity index (χ3n) is 4.83. The molecule has 3 N–H and O–H groups in total. The van der Waals surface area contributed by atoms with Gasteiger partial charge >= 0.3 is 0 Å². The van der Waals surface area contributed by atoms with Crippen LogP contribution in [0.1, 0.15) is 30.9 Å². The Morgan fingerprint density at radius 3 is 2.80 bits per heavy atom. The van der Waals surface area contributed by atoms with Gasteiger partial charge < -0.3 is 10.5 Å². The van der Waals surface area contributed by atoms with E-state index in [1.165, 1.54) is 25.0 Å². The first kappa shape index (κ1) is 11.8. The maximum absolute atomic E-state index is 6.10. The van der Waals surface area contributed by atoms with E-state index in [0.717, 1.165) is 28.7 Å². The lowest BCUT2D eigenvalue weighted by molar-refractivity contribution is 0.415. The zero-order valence-corrected chi connectivity index (χ0v) is 11.6. The van der Waals surface area contributed by atoms with Crippen LogP contribution in [0.4, 0.5) is 5.82 Å². The highest BCUT2D eigenvalue weighted by Crippen LogP contribution is 2.58. The molecule has 0 aliphatic heterocycles. The predicted molar refractivity (Wildman–Crippen MR) is 78.6 cm³/mol. The maximum Gasteiger partial charge on any atom is 0.153 e. The zero-order chi connectivity index (χ0) is 13.7. The van der Waals surface area contributed by atoms with Crippen molar-refractivity contribution < 1.29 is 4.74 Å². The average Bonchev–Trinajstić information content (AvgIpc) is 2.91. The van der Waals surface area contributed by atoms with E-state index in [9.17, 15) is 0 Å². The minimum Gasteiger partial charge on any atom is -0.497 e. The molecule has 104 valence electrons. The Kier molecular flexibility index (Phi) is 2.52. The molecule has 2 atom stereocenters. The van der Waals surface area contributed by atoms with E-state index in [-0.39, 0.29) is 0 Å². The highest BCUT2D eigenvalue weighted by Gasteiger charge is 2.47. The van der Waals surface area contributed by atoms with E-state index in [1.807, 2.05) is 18.2 Å². The van der Waals surface area contributed by atoms with Crippen LogP contribution >= 0.6 is 0 Å². The zero-order valence-electron chi connectivity index (χ0n) is 11.6. The number of nitrogens with one attached hydrogen (secondary N) is 1. The first-order valence-corrected chi connectivity index (χ1v) is 7.24. The van der Waals surface area contributed by atoms with Gasteiger partial charge in [0.25, 0.3) is 0 Å². The van der Waals surface area contributed by atoms with Gasteiger partial charge in [0, 0.05) is 17.2 Å². The van der Waals surface area contributed by atoms with Gasteiger partial charge in [-0.1, -0.05) is 12.1 Å². The van der Waals surface area contributed by atoms with Crippen LogP contribution in [0.25, 0.3) is 11.1 Å². The Hall–Kier alpha value is -1.97. The summed E-state index contributed by atoms with van der Waals surface area (Å²) < 4.78 is 5.31. The molecule has 2 aromatic rings. The molecule has 0 saturated heterocycles. The van der Waals surface area contributed by atoms with Gasteiger partial charge in [-0.3, -0.25) is 5.10 Å². The second kappa shape index (κ2) is 4.27. The summed E-state index contributed by atoms with van der Waals surface area (Å²) in [5.41, 5.74) is 9.46. The van der Waals surface area contributed by atoms with E-state index < -0.39 is 0 Å². The standard InChI is InChI=1S/C16H19N3O/c1-20-13-4-2-3-9(8-13)14-15(18-19-16(14)17)12-6-10-5-11(10)7-12/h2-4,8,10-12H,5-7H2,1H3,(H3,17,18,19). The van der Waals surface area contributed by atoms with Crippen LogP contribution in [-0.2, 0) is 0 Å². The number of fused-ring (bicyclic) bond motifs is 1. The number of aromatic nitrogens is 2. The number of anilines is 1. The largest absolute Gasteiger partial charge is 0.497 e. The monoisotopic (exact) mass is 269 g/mol. The van der Waals surface area contributed by atoms with Crippen molar-refractivity contribution in [2.45, 2.75) is 25.2 Å². The Morgan fingerprint density at radius 1 is 1.25 bits per heavy atom. The Labute approximate surface area is 118 Å². The van der Waals surface area contributed by atoms with Gasteiger partial charge in [0.15, 0.2) is 5.82 Å². The van der Waals surface area contributed by atoms with Crippen LogP contribution in [0.2, 0.25) is 0 Å². The molecule has 1 aromatic heterocycles. The Morgan fingerprint density at radius 2 is 2.05 bits per heavy atom. The van der Waals surface area contributed by atoms with Gasteiger partial charge in [0.2, 0.25) is 0 Å². The molecule has 2 aliphatic carbocycles. The number of benzene rings is 1. The van der Waals surface area contributed by atoms with Gasteiger partial charge in [-0.05, 0) is 48.8 Å². The lowest BCUT2D eigenvalue weighted by atomic mass is 9.93. The average molecular weight is 269 g/mol. The number of hydrogen-bond acceptors (Lipinski definition) is 3. The third-order valence-corrected chi connectivity index (χ3v) is 4.83. The van der Waals surface area contributed by atoms with Crippen molar-refractivity contribution in [1.82, 2.24) is 10.2 Å². The predicted octanol–water partition coefficient (Wildman–Crippen LogP) is 3.18. The first-order chi connectivity index (χ1) is 9.76. The number of nitrogen functional groups attached to an aromatic ring is 1. The van der Waals surface area contributed by atoms with Crippen LogP contribution in [0, 0.1) is 11.8 Å². The number of nitrogens with zero attached hydrogens (tertiary/aromatic N) is 1. The van der Waals surface area contributed by atoms with Crippen LogP contribution in [-0.4, -0.2) is 17.3 Å². The number of rotatable bonds is 3. The molecule has 1 heterocycles. The highest BCUT2D eigenvalue weighted by atomic mass is 16.5. The second-order valence-corrected chi connectivity index (χ2v) is 6.05. The number of ether oxygens (including phenoxy) is 1. The molecule has 0 amide bonds. The summed E-state index contributed by atoms with van der Waals surface area (Å²) in [4.78, 5) is 0. The summed E-state index contributed by atoms with van der Waals surface area (Å²) in [6.45, 7) is 0. The van der Waals surface area contributed by atoms with Gasteiger partial charge in [-0.15, -0.1) is 0 Å². The lowest BCUT2D eigenvalue weighted by Gasteiger charge is -2.13. The number of H-pyrrole nitrogens is 1. The molecule has 2 saturated carbocycles. The summed E-state index contributed by atoms with van der Waals surface area (Å²) >= 11 is 0. The molecule has 0 bridgehead atoms. The fourth-order valence-electron chi connectivity index (χ4n) is 3.70. The van der Waals surface area contributed by atoms with Crippen molar-refractivity contribution in [3.63, 3.8) is 0 Å². The molecule has 2 aliphatic rings. The van der Waals surface area contributed by atoms with Crippen LogP contribution < -0.4 is 10.5 Å². The van der Waals surface area contributed by atoms with E-state index in [4.69, 9.17) is 10.5 Å². The summed E-state index contributed by atoms with van der Waals surface area (Å²) in [7, 11) is 1.68. The Balaban J connectivity index is 1.74. The van der Waals surface area contributed by atoms with E-state index >= 15 is 0 Å². The van der Waals surface area contributed by atoms with Crippen LogP contribution in [0.3, 0.4) is 0 Å². The number of hydrogen-bond donors (Lipinski definition) is 2. The van der Waals surface area contributed by atoms with Crippen LogP contribution in [0.5, 0.6) is 5.75 Å². The van der Waals surface area contributed by atoms with Crippen molar-refractivity contribution in [3.8, 4) is 16.9 Å². The number of nitrogens with two attached hydrogens (primary N) is 1. The SMILES string of the molecule is COc1cccc(-c2c(N)n[nH]c2C2CC3CC3C2)c1. The van der Waals surface area contributed by atoms with E-state index in [2.05, 4.69) is 16.3 Å². The Bertz CT molecular complexity index is 639. The lowest BCUT2D eigenvalue weighted by Crippen LogP contribution is -1.99. The molecule has 2 unspecified atom stereocenters. The van der Waals surface area contributed by atoms with Crippen molar-refractivity contribution >= 4 is 5.82 Å². The minimum atomic E-state index is 0.588. The smallest absolute Gasteiger partial charge is 0.153 e. The number of aromatic amines is 1. The summed E-state index contributed by atoms with van der Waals surface area (Å²) in [5.74, 6) is 3.92. The molecule has 4 nitrogen and oxygen atoms in total. The van der Waals surface area contributed by atoms with Gasteiger partial charge in [0.1, 0.15) is 5.75 Å². The minimum absolute atomic E-state index is 0.588. The highest BCUT2D eigenvalue weighted by molar-refractivity contribution is 5.77. The first-order valence-electron chi connectivity index (χ1n) is 7.24. The third kappa shape index (κ3) is 1.79. The molecule has 2 fully saturated rings. The molecular weight excluding hydrogens is 250 g/mol. The normalized spacial score (nSPS) is 27.4. The topological polar surface area (TPSA) is 63.9 Å². The van der Waals surface area contributed by atoms with Crippen molar-refractivity contribution in [2.75, 3.05) is 12.8 Å². The molecular formula is C16H19N3O. The van der Waals surface area contributed by atoms with E-state index in [1.54, 1.807) is 7.11 Å². The fraction of sp³-hybridized carbons (Fsp3) is 0.438. The summed E-state index contributed by atoms with van der Waals surface area (Å²) in [5, 5.41) is 7.42. The quantitative estimate of drug-likeness (QED) is 0.899.